The zero-order valence-electron chi connectivity index (χ0n) is 14.1. The lowest BCUT2D eigenvalue weighted by molar-refractivity contribution is -0.115. The predicted molar refractivity (Wildman–Crippen MR) is 102 cm³/mol. The highest BCUT2D eigenvalue weighted by molar-refractivity contribution is 6.31. The van der Waals surface area contributed by atoms with Crippen LogP contribution in [0, 0.1) is 0 Å². The molecule has 2 N–H and O–H groups in total. The highest BCUT2D eigenvalue weighted by Gasteiger charge is 2.10. The molecule has 1 heterocycles. The van der Waals surface area contributed by atoms with Crippen molar-refractivity contribution in [1.29, 1.82) is 0 Å². The maximum atomic E-state index is 12.3. The molecule has 5 heteroatoms. The van der Waals surface area contributed by atoms with Crippen molar-refractivity contribution in [3.8, 4) is 0 Å². The van der Waals surface area contributed by atoms with Crippen molar-refractivity contribution < 1.29 is 4.79 Å². The first-order chi connectivity index (χ1) is 11.9. The summed E-state index contributed by atoms with van der Waals surface area (Å²) in [7, 11) is 0. The third-order valence-corrected chi connectivity index (χ3v) is 4.46. The highest BCUT2D eigenvalue weighted by atomic mass is 35.5. The number of aromatic nitrogens is 1. The summed E-state index contributed by atoms with van der Waals surface area (Å²) in [6, 6.07) is 14.4. The van der Waals surface area contributed by atoms with E-state index in [1.165, 1.54) is 0 Å². The number of nitrogens with one attached hydrogen (secondary N) is 2. The van der Waals surface area contributed by atoms with Gasteiger partial charge in [-0.2, -0.15) is 0 Å². The van der Waals surface area contributed by atoms with Gasteiger partial charge in [-0.25, -0.2) is 0 Å². The number of anilines is 1. The van der Waals surface area contributed by atoms with Gasteiger partial charge in [-0.3, -0.25) is 9.59 Å². The van der Waals surface area contributed by atoms with Crippen LogP contribution in [0.3, 0.4) is 0 Å². The van der Waals surface area contributed by atoms with E-state index >= 15 is 0 Å². The fourth-order valence-electron chi connectivity index (χ4n) is 2.86. The van der Waals surface area contributed by atoms with Crippen molar-refractivity contribution in [2.24, 2.45) is 0 Å². The Bertz CT molecular complexity index is 992. The monoisotopic (exact) mass is 354 g/mol. The maximum Gasteiger partial charge on any atom is 0.248 e. The van der Waals surface area contributed by atoms with E-state index in [4.69, 9.17) is 11.6 Å². The molecule has 128 valence electrons. The lowest BCUT2D eigenvalue weighted by Crippen LogP contribution is -2.15. The quantitative estimate of drug-likeness (QED) is 0.725. The second-order valence-corrected chi connectivity index (χ2v) is 6.73. The number of hydrogen-bond donors (Lipinski definition) is 2. The maximum absolute atomic E-state index is 12.3. The number of carbonyl (C=O) groups excluding carboxylic acids is 1. The Morgan fingerprint density at radius 3 is 2.64 bits per heavy atom. The lowest BCUT2D eigenvalue weighted by atomic mass is 9.99. The van der Waals surface area contributed by atoms with E-state index in [1.807, 2.05) is 44.2 Å². The van der Waals surface area contributed by atoms with Crippen LogP contribution in [0.2, 0.25) is 5.02 Å². The molecular formula is C20H19ClN2O2. The van der Waals surface area contributed by atoms with Gasteiger partial charge in [0.2, 0.25) is 11.5 Å². The Hall–Kier alpha value is -2.59. The van der Waals surface area contributed by atoms with Crippen molar-refractivity contribution in [3.63, 3.8) is 0 Å². The number of halogens is 1. The van der Waals surface area contributed by atoms with Gasteiger partial charge >= 0.3 is 0 Å². The molecule has 0 saturated heterocycles. The van der Waals surface area contributed by atoms with E-state index in [0.717, 1.165) is 16.5 Å². The van der Waals surface area contributed by atoms with Gasteiger partial charge in [-0.15, -0.1) is 0 Å². The molecule has 0 atom stereocenters. The normalized spacial score (nSPS) is 11.0. The third-order valence-electron chi connectivity index (χ3n) is 4.09. The summed E-state index contributed by atoms with van der Waals surface area (Å²) in [6.45, 7) is 4.10. The summed E-state index contributed by atoms with van der Waals surface area (Å²) >= 11 is 6.09. The highest BCUT2D eigenvalue weighted by Crippen LogP contribution is 2.25. The fraction of sp³-hybridized carbons (Fsp3) is 0.200. The van der Waals surface area contributed by atoms with Gasteiger partial charge in [-0.05, 0) is 35.2 Å². The molecule has 1 amide bonds. The number of fused-ring (bicyclic) bond motifs is 1. The van der Waals surface area contributed by atoms with Crippen molar-refractivity contribution in [1.82, 2.24) is 4.98 Å². The number of hydrogen-bond acceptors (Lipinski definition) is 2. The number of benzene rings is 2. The summed E-state index contributed by atoms with van der Waals surface area (Å²) in [5, 5.41) is 4.41. The standard InChI is InChI=1S/C20H19ClN2O2/c1-12(2)16-11-20(25)23-18-10-14(7-8-15(16)18)22-19(24)9-13-5-3-4-6-17(13)21/h3-8,10-12H,9H2,1-2H3,(H,22,24)(H,23,25). The van der Waals surface area contributed by atoms with Crippen LogP contribution in [0.15, 0.2) is 53.3 Å². The lowest BCUT2D eigenvalue weighted by Gasteiger charge is -2.11. The van der Waals surface area contributed by atoms with Gasteiger partial charge in [0.25, 0.3) is 0 Å². The number of carbonyl (C=O) groups is 1. The summed E-state index contributed by atoms with van der Waals surface area (Å²) in [5.74, 6) is 0.0836. The molecule has 0 spiro atoms. The van der Waals surface area contributed by atoms with E-state index in [2.05, 4.69) is 10.3 Å². The number of amides is 1. The fourth-order valence-corrected chi connectivity index (χ4v) is 3.07. The van der Waals surface area contributed by atoms with E-state index in [9.17, 15) is 9.59 Å². The molecule has 0 unspecified atom stereocenters. The Morgan fingerprint density at radius 2 is 1.92 bits per heavy atom. The summed E-state index contributed by atoms with van der Waals surface area (Å²) < 4.78 is 0. The number of rotatable bonds is 4. The summed E-state index contributed by atoms with van der Waals surface area (Å²) in [5.41, 5.74) is 2.98. The predicted octanol–water partition coefficient (Wildman–Crippen LogP) is 4.49. The van der Waals surface area contributed by atoms with Gasteiger partial charge < -0.3 is 10.3 Å². The Balaban J connectivity index is 1.86. The van der Waals surface area contributed by atoms with E-state index in [0.29, 0.717) is 16.2 Å². The smallest absolute Gasteiger partial charge is 0.248 e. The Morgan fingerprint density at radius 1 is 1.16 bits per heavy atom. The van der Waals surface area contributed by atoms with Crippen molar-refractivity contribution in [2.75, 3.05) is 5.32 Å². The van der Waals surface area contributed by atoms with Gasteiger partial charge in [0.05, 0.1) is 11.9 Å². The van der Waals surface area contributed by atoms with Crippen LogP contribution in [0.25, 0.3) is 10.9 Å². The number of pyridine rings is 1. The molecule has 0 saturated carbocycles. The molecule has 0 radical (unpaired) electrons. The second-order valence-electron chi connectivity index (χ2n) is 6.32. The second kappa shape index (κ2) is 7.11. The number of H-pyrrole nitrogens is 1. The molecule has 4 nitrogen and oxygen atoms in total. The van der Waals surface area contributed by atoms with Gasteiger partial charge in [0, 0.05) is 22.2 Å². The van der Waals surface area contributed by atoms with Crippen LogP contribution in [-0.4, -0.2) is 10.9 Å². The van der Waals surface area contributed by atoms with E-state index in [-0.39, 0.29) is 23.8 Å². The molecule has 3 rings (SSSR count). The van der Waals surface area contributed by atoms with Gasteiger partial charge in [-0.1, -0.05) is 49.7 Å². The molecule has 0 aliphatic carbocycles. The third kappa shape index (κ3) is 3.91. The summed E-state index contributed by atoms with van der Waals surface area (Å²) in [4.78, 5) is 27.0. The minimum atomic E-state index is -0.158. The SMILES string of the molecule is CC(C)c1cc(=O)[nH]c2cc(NC(=O)Cc3ccccc3Cl)ccc12. The van der Waals surface area contributed by atoms with Gasteiger partial charge in [0.15, 0.2) is 0 Å². The van der Waals surface area contributed by atoms with Crippen molar-refractivity contribution in [3.05, 3.63) is 75.0 Å². The minimum absolute atomic E-state index is 0.143. The molecule has 1 aromatic heterocycles. The molecule has 25 heavy (non-hydrogen) atoms. The average molecular weight is 355 g/mol. The van der Waals surface area contributed by atoms with E-state index < -0.39 is 0 Å². The first-order valence-electron chi connectivity index (χ1n) is 8.14. The van der Waals surface area contributed by atoms with Crippen LogP contribution in [0.1, 0.15) is 30.9 Å². The first-order valence-corrected chi connectivity index (χ1v) is 8.52. The average Bonchev–Trinajstić information content (AvgIpc) is 2.55. The van der Waals surface area contributed by atoms with Crippen LogP contribution in [0.4, 0.5) is 5.69 Å². The molecule has 2 aromatic carbocycles. The molecule has 3 aromatic rings. The van der Waals surface area contributed by atoms with Crippen molar-refractivity contribution >= 4 is 34.1 Å². The number of aromatic amines is 1. The van der Waals surface area contributed by atoms with Crippen LogP contribution < -0.4 is 10.9 Å². The molecule has 0 aliphatic heterocycles. The summed E-state index contributed by atoms with van der Waals surface area (Å²) in [6.07, 6.45) is 0.195. The topological polar surface area (TPSA) is 62.0 Å². The molecular weight excluding hydrogens is 336 g/mol. The molecule has 0 bridgehead atoms. The molecule has 0 fully saturated rings. The largest absolute Gasteiger partial charge is 0.326 e. The van der Waals surface area contributed by atoms with Crippen LogP contribution in [-0.2, 0) is 11.2 Å². The zero-order chi connectivity index (χ0) is 18.0. The van der Waals surface area contributed by atoms with E-state index in [1.54, 1.807) is 18.2 Å². The molecule has 0 aliphatic rings. The van der Waals surface area contributed by atoms with Gasteiger partial charge in [0.1, 0.15) is 0 Å². The Kier molecular flexibility index (Phi) is 4.91. The van der Waals surface area contributed by atoms with Crippen LogP contribution in [0.5, 0.6) is 0 Å². The zero-order valence-corrected chi connectivity index (χ0v) is 14.9. The minimum Gasteiger partial charge on any atom is -0.326 e. The first kappa shape index (κ1) is 17.2. The Labute approximate surface area is 150 Å². The van der Waals surface area contributed by atoms with Crippen LogP contribution >= 0.6 is 11.6 Å². The van der Waals surface area contributed by atoms with Crippen molar-refractivity contribution in [2.45, 2.75) is 26.2 Å².